The van der Waals surface area contributed by atoms with E-state index in [0.717, 1.165) is 15.6 Å². The molecule has 0 aromatic heterocycles. The molecule has 0 aliphatic heterocycles. The first-order valence-corrected chi connectivity index (χ1v) is 8.76. The van der Waals surface area contributed by atoms with Crippen LogP contribution < -0.4 is 15.6 Å². The van der Waals surface area contributed by atoms with Gasteiger partial charge in [0.15, 0.2) is 6.10 Å². The molecule has 0 saturated heterocycles. The molecule has 0 spiro atoms. The first-order chi connectivity index (χ1) is 12.7. The molecule has 27 heavy (non-hydrogen) atoms. The number of ether oxygens (including phenoxy) is 1. The summed E-state index contributed by atoms with van der Waals surface area (Å²) in [6, 6.07) is 8.78. The predicted octanol–water partition coefficient (Wildman–Crippen LogP) is 3.20. The molecule has 2 aromatic carbocycles. The number of amides is 2. The number of nitro benzene ring substituents is 1. The number of hydrogen-bond donors (Lipinski definition) is 2. The van der Waals surface area contributed by atoms with Gasteiger partial charge in [0.05, 0.1) is 4.92 Å². The van der Waals surface area contributed by atoms with E-state index >= 15 is 0 Å². The van der Waals surface area contributed by atoms with Gasteiger partial charge in [-0.1, -0.05) is 15.9 Å². The number of hydrogen-bond acceptors (Lipinski definition) is 5. The number of benzene rings is 2. The van der Waals surface area contributed by atoms with Crippen LogP contribution in [-0.4, -0.2) is 22.8 Å². The number of nitro groups is 1. The molecule has 0 heterocycles. The van der Waals surface area contributed by atoms with E-state index < -0.39 is 22.8 Å². The normalized spacial score (nSPS) is 11.4. The number of carbonyl (C=O) groups excluding carboxylic acids is 2. The maximum absolute atomic E-state index is 12.2. The van der Waals surface area contributed by atoms with E-state index in [-0.39, 0.29) is 11.3 Å². The van der Waals surface area contributed by atoms with E-state index in [1.54, 1.807) is 6.92 Å². The molecule has 2 N–H and O–H groups in total. The van der Waals surface area contributed by atoms with Gasteiger partial charge in [-0.15, -0.1) is 0 Å². The number of rotatable bonds is 5. The Morgan fingerprint density at radius 1 is 1.11 bits per heavy atom. The molecule has 0 bridgehead atoms. The van der Waals surface area contributed by atoms with Crippen molar-refractivity contribution in [1.29, 1.82) is 0 Å². The van der Waals surface area contributed by atoms with Crippen molar-refractivity contribution in [2.24, 2.45) is 0 Å². The third kappa shape index (κ3) is 5.27. The molecule has 0 radical (unpaired) electrons. The van der Waals surface area contributed by atoms with Crippen molar-refractivity contribution in [3.8, 4) is 5.75 Å². The summed E-state index contributed by atoms with van der Waals surface area (Å²) in [5.41, 5.74) is 6.33. The van der Waals surface area contributed by atoms with E-state index in [2.05, 4.69) is 26.8 Å². The van der Waals surface area contributed by atoms with Crippen molar-refractivity contribution in [1.82, 2.24) is 10.9 Å². The van der Waals surface area contributed by atoms with Crippen molar-refractivity contribution in [3.05, 3.63) is 67.7 Å². The minimum absolute atomic E-state index is 0.127. The highest BCUT2D eigenvalue weighted by molar-refractivity contribution is 9.10. The van der Waals surface area contributed by atoms with E-state index in [0.29, 0.717) is 5.75 Å². The molecule has 0 saturated carbocycles. The lowest BCUT2D eigenvalue weighted by atomic mass is 10.1. The quantitative estimate of drug-likeness (QED) is 0.553. The predicted molar refractivity (Wildman–Crippen MR) is 102 cm³/mol. The Bertz CT molecular complexity index is 860. The van der Waals surface area contributed by atoms with Crippen molar-refractivity contribution in [2.75, 3.05) is 0 Å². The molecular formula is C18H18BrN3O5. The van der Waals surface area contributed by atoms with Gasteiger partial charge < -0.3 is 4.74 Å². The Morgan fingerprint density at radius 2 is 1.67 bits per heavy atom. The fourth-order valence-corrected chi connectivity index (χ4v) is 3.03. The van der Waals surface area contributed by atoms with Gasteiger partial charge in [-0.25, -0.2) is 0 Å². The molecule has 1 unspecified atom stereocenters. The number of aryl methyl sites for hydroxylation is 2. The zero-order valence-corrected chi connectivity index (χ0v) is 16.5. The van der Waals surface area contributed by atoms with Gasteiger partial charge >= 0.3 is 0 Å². The maximum atomic E-state index is 12.2. The summed E-state index contributed by atoms with van der Waals surface area (Å²) in [7, 11) is 0. The van der Waals surface area contributed by atoms with Crippen LogP contribution in [0.1, 0.15) is 28.4 Å². The summed E-state index contributed by atoms with van der Waals surface area (Å²) < 4.78 is 6.63. The smallest absolute Gasteiger partial charge is 0.279 e. The van der Waals surface area contributed by atoms with Crippen molar-refractivity contribution >= 4 is 33.4 Å². The van der Waals surface area contributed by atoms with Gasteiger partial charge in [0.25, 0.3) is 17.5 Å². The van der Waals surface area contributed by atoms with Crippen molar-refractivity contribution in [3.63, 3.8) is 0 Å². The molecular weight excluding hydrogens is 418 g/mol. The molecule has 2 rings (SSSR count). The number of halogens is 1. The third-order valence-electron chi connectivity index (χ3n) is 3.73. The van der Waals surface area contributed by atoms with Crippen LogP contribution in [0.15, 0.2) is 40.9 Å². The Balaban J connectivity index is 1.94. The second kappa shape index (κ2) is 8.63. The van der Waals surface area contributed by atoms with E-state index in [4.69, 9.17) is 4.74 Å². The second-order valence-electron chi connectivity index (χ2n) is 5.88. The summed E-state index contributed by atoms with van der Waals surface area (Å²) in [6.45, 7) is 5.30. The zero-order valence-electron chi connectivity index (χ0n) is 14.9. The second-order valence-corrected chi connectivity index (χ2v) is 6.79. The van der Waals surface area contributed by atoms with Gasteiger partial charge in [0.1, 0.15) is 5.75 Å². The third-order valence-corrected chi connectivity index (χ3v) is 4.19. The number of carbonyl (C=O) groups is 2. The fourth-order valence-electron chi connectivity index (χ4n) is 2.34. The van der Waals surface area contributed by atoms with Gasteiger partial charge in [0.2, 0.25) is 0 Å². The van der Waals surface area contributed by atoms with Crippen LogP contribution in [0.4, 0.5) is 5.69 Å². The molecule has 2 amide bonds. The monoisotopic (exact) mass is 435 g/mol. The number of nitrogens with zero attached hydrogens (tertiary/aromatic N) is 1. The van der Waals surface area contributed by atoms with Gasteiger partial charge in [-0.3, -0.25) is 30.6 Å². The first-order valence-electron chi connectivity index (χ1n) is 7.97. The number of hydrazine groups is 1. The molecule has 0 fully saturated rings. The molecule has 2 aromatic rings. The minimum atomic E-state index is -0.847. The van der Waals surface area contributed by atoms with Crippen LogP contribution in [0, 0.1) is 24.0 Å². The van der Waals surface area contributed by atoms with Crippen LogP contribution in [0.5, 0.6) is 5.75 Å². The molecule has 9 heteroatoms. The first kappa shape index (κ1) is 20.4. The summed E-state index contributed by atoms with van der Waals surface area (Å²) in [5.74, 6) is -0.532. The average Bonchev–Trinajstić information content (AvgIpc) is 2.62. The number of non-ortho nitro benzene ring substituents is 1. The Morgan fingerprint density at radius 3 is 2.19 bits per heavy atom. The highest BCUT2D eigenvalue weighted by Gasteiger charge is 2.18. The molecule has 0 aliphatic rings. The average molecular weight is 436 g/mol. The summed E-state index contributed by atoms with van der Waals surface area (Å²) in [4.78, 5) is 34.2. The van der Waals surface area contributed by atoms with E-state index in [1.807, 2.05) is 26.0 Å². The van der Waals surface area contributed by atoms with Crippen LogP contribution >= 0.6 is 15.9 Å². The molecule has 8 nitrogen and oxygen atoms in total. The van der Waals surface area contributed by atoms with Crippen LogP contribution in [0.25, 0.3) is 0 Å². The van der Waals surface area contributed by atoms with Crippen molar-refractivity contribution < 1.29 is 19.2 Å². The Hall–Kier alpha value is -2.94. The molecule has 1 atom stereocenters. The summed E-state index contributed by atoms with van der Waals surface area (Å²) in [6.07, 6.45) is -0.847. The lowest BCUT2D eigenvalue weighted by Crippen LogP contribution is -2.47. The summed E-state index contributed by atoms with van der Waals surface area (Å²) >= 11 is 3.40. The van der Waals surface area contributed by atoms with Crippen LogP contribution in [-0.2, 0) is 4.79 Å². The molecule has 142 valence electrons. The molecule has 0 aliphatic carbocycles. The maximum Gasteiger partial charge on any atom is 0.279 e. The van der Waals surface area contributed by atoms with E-state index in [1.165, 1.54) is 24.3 Å². The van der Waals surface area contributed by atoms with Gasteiger partial charge in [-0.05, 0) is 56.2 Å². The lowest BCUT2D eigenvalue weighted by molar-refractivity contribution is -0.384. The van der Waals surface area contributed by atoms with E-state index in [9.17, 15) is 19.7 Å². The topological polar surface area (TPSA) is 111 Å². The fraction of sp³-hybridized carbons (Fsp3) is 0.222. The van der Waals surface area contributed by atoms with Gasteiger partial charge in [0, 0.05) is 22.2 Å². The summed E-state index contributed by atoms with van der Waals surface area (Å²) in [5, 5.41) is 10.6. The SMILES string of the molecule is Cc1cc(Br)cc(C)c1OC(C)C(=O)NNC(=O)c1ccc([N+](=O)[O-])cc1. The zero-order chi connectivity index (χ0) is 20.1. The van der Waals surface area contributed by atoms with Crippen molar-refractivity contribution in [2.45, 2.75) is 26.9 Å². The highest BCUT2D eigenvalue weighted by atomic mass is 79.9. The Kier molecular flexibility index (Phi) is 6.51. The Labute approximate surface area is 164 Å². The standard InChI is InChI=1S/C18H18BrN3O5/c1-10-8-14(19)9-11(2)16(10)27-12(3)17(23)20-21-18(24)13-4-6-15(7-5-13)22(25)26/h4-9,12H,1-3H3,(H,20,23)(H,21,24). The number of nitrogens with one attached hydrogen (secondary N) is 2. The minimum Gasteiger partial charge on any atom is -0.480 e. The lowest BCUT2D eigenvalue weighted by Gasteiger charge is -2.18. The van der Waals surface area contributed by atoms with Gasteiger partial charge in [-0.2, -0.15) is 0 Å². The van der Waals surface area contributed by atoms with Crippen LogP contribution in [0.2, 0.25) is 0 Å². The highest BCUT2D eigenvalue weighted by Crippen LogP contribution is 2.28. The largest absolute Gasteiger partial charge is 0.480 e. The van der Waals surface area contributed by atoms with Crippen LogP contribution in [0.3, 0.4) is 0 Å².